The Kier molecular flexibility index (Phi) is 5.37. The lowest BCUT2D eigenvalue weighted by atomic mass is 9.89. The molecule has 0 atom stereocenters. The first-order chi connectivity index (χ1) is 10.0. The van der Waals surface area contributed by atoms with Gasteiger partial charge in [-0.3, -0.25) is 4.79 Å². The van der Waals surface area contributed by atoms with Crippen LogP contribution in [-0.2, 0) is 16.1 Å². The van der Waals surface area contributed by atoms with Crippen LogP contribution in [0.5, 0.6) is 0 Å². The highest BCUT2D eigenvalue weighted by Gasteiger charge is 2.38. The fraction of sp³-hybridized carbons (Fsp3) is 0.588. The summed E-state index contributed by atoms with van der Waals surface area (Å²) in [5, 5.41) is 0. The summed E-state index contributed by atoms with van der Waals surface area (Å²) in [6.07, 6.45) is 2.16. The van der Waals surface area contributed by atoms with Crippen molar-refractivity contribution in [1.29, 1.82) is 0 Å². The van der Waals surface area contributed by atoms with Gasteiger partial charge in [-0.25, -0.2) is 0 Å². The highest BCUT2D eigenvalue weighted by atomic mass is 16.5. The van der Waals surface area contributed by atoms with Gasteiger partial charge in [0.15, 0.2) is 0 Å². The second kappa shape index (κ2) is 7.05. The summed E-state index contributed by atoms with van der Waals surface area (Å²) in [6, 6.07) is 8.32. The first-order valence-electron chi connectivity index (χ1n) is 7.77. The Morgan fingerprint density at radius 3 is 2.48 bits per heavy atom. The molecule has 21 heavy (non-hydrogen) atoms. The van der Waals surface area contributed by atoms with Crippen LogP contribution in [0, 0.1) is 6.92 Å². The molecule has 1 aromatic carbocycles. The van der Waals surface area contributed by atoms with E-state index in [1.54, 1.807) is 0 Å². The van der Waals surface area contributed by atoms with Crippen molar-refractivity contribution in [3.05, 3.63) is 35.4 Å². The molecule has 1 fully saturated rings. The standard InChI is InChI=1S/C17H26N2O2/c1-3-10-19(13-15-6-4-14(2)5-7-15)16(20)17(18)8-11-21-12-9-17/h4-7H,3,8-13,18H2,1-2H3. The van der Waals surface area contributed by atoms with Crippen molar-refractivity contribution in [1.82, 2.24) is 4.90 Å². The molecule has 0 saturated carbocycles. The molecule has 1 heterocycles. The van der Waals surface area contributed by atoms with Crippen molar-refractivity contribution in [3.8, 4) is 0 Å². The van der Waals surface area contributed by atoms with Crippen LogP contribution in [-0.4, -0.2) is 36.1 Å². The van der Waals surface area contributed by atoms with Gasteiger partial charge in [0, 0.05) is 26.3 Å². The second-order valence-electron chi connectivity index (χ2n) is 5.98. The number of rotatable bonds is 5. The number of benzene rings is 1. The Morgan fingerprint density at radius 1 is 1.29 bits per heavy atom. The van der Waals surface area contributed by atoms with E-state index in [9.17, 15) is 4.79 Å². The van der Waals surface area contributed by atoms with Gasteiger partial charge in [-0.1, -0.05) is 36.8 Å². The van der Waals surface area contributed by atoms with Gasteiger partial charge in [0.1, 0.15) is 0 Å². The Balaban J connectivity index is 2.10. The Morgan fingerprint density at radius 2 is 1.90 bits per heavy atom. The highest BCUT2D eigenvalue weighted by molar-refractivity contribution is 5.86. The number of nitrogens with two attached hydrogens (primary N) is 1. The largest absolute Gasteiger partial charge is 0.381 e. The van der Waals surface area contributed by atoms with E-state index in [1.807, 2.05) is 4.90 Å². The van der Waals surface area contributed by atoms with Crippen LogP contribution in [0.1, 0.15) is 37.3 Å². The molecule has 0 aromatic heterocycles. The third-order valence-electron chi connectivity index (χ3n) is 4.09. The number of carbonyl (C=O) groups excluding carboxylic acids is 1. The fourth-order valence-corrected chi connectivity index (χ4v) is 2.70. The van der Waals surface area contributed by atoms with Gasteiger partial charge in [-0.2, -0.15) is 0 Å². The predicted octanol–water partition coefficient (Wildman–Crippen LogP) is 2.24. The number of amides is 1. The van der Waals surface area contributed by atoms with Crippen LogP contribution in [0.15, 0.2) is 24.3 Å². The molecule has 0 bridgehead atoms. The van der Waals surface area contributed by atoms with E-state index in [4.69, 9.17) is 10.5 Å². The number of nitrogens with zero attached hydrogens (tertiary/aromatic N) is 1. The van der Waals surface area contributed by atoms with Crippen LogP contribution >= 0.6 is 0 Å². The first-order valence-corrected chi connectivity index (χ1v) is 7.77. The smallest absolute Gasteiger partial charge is 0.243 e. The van der Waals surface area contributed by atoms with Crippen LogP contribution in [0.4, 0.5) is 0 Å². The lowest BCUT2D eigenvalue weighted by Gasteiger charge is -2.36. The zero-order chi connectivity index (χ0) is 15.3. The minimum Gasteiger partial charge on any atom is -0.381 e. The van der Waals surface area contributed by atoms with E-state index in [1.165, 1.54) is 5.56 Å². The predicted molar refractivity (Wildman–Crippen MR) is 83.9 cm³/mol. The maximum absolute atomic E-state index is 12.8. The lowest BCUT2D eigenvalue weighted by molar-refractivity contribution is -0.141. The number of ether oxygens (including phenoxy) is 1. The van der Waals surface area contributed by atoms with Crippen molar-refractivity contribution in [2.45, 2.75) is 45.2 Å². The van der Waals surface area contributed by atoms with Gasteiger partial charge < -0.3 is 15.4 Å². The molecule has 1 aliphatic heterocycles. The topological polar surface area (TPSA) is 55.6 Å². The van der Waals surface area contributed by atoms with Crippen LogP contribution in [0.3, 0.4) is 0 Å². The quantitative estimate of drug-likeness (QED) is 0.905. The molecule has 0 radical (unpaired) electrons. The van der Waals surface area contributed by atoms with Gasteiger partial charge in [0.25, 0.3) is 0 Å². The minimum atomic E-state index is -0.752. The molecule has 1 aliphatic rings. The molecule has 116 valence electrons. The number of carbonyl (C=O) groups is 1. The van der Waals surface area contributed by atoms with Gasteiger partial charge >= 0.3 is 0 Å². The summed E-state index contributed by atoms with van der Waals surface area (Å²) in [5.74, 6) is 0.0632. The molecule has 0 spiro atoms. The van der Waals surface area contributed by atoms with Gasteiger partial charge in [-0.15, -0.1) is 0 Å². The van der Waals surface area contributed by atoms with Crippen molar-refractivity contribution in [3.63, 3.8) is 0 Å². The molecule has 0 unspecified atom stereocenters. The van der Waals surface area contributed by atoms with Gasteiger partial charge in [0.05, 0.1) is 5.54 Å². The van der Waals surface area contributed by atoms with Crippen LogP contribution in [0.25, 0.3) is 0 Å². The molecular weight excluding hydrogens is 264 g/mol. The van der Waals surface area contributed by atoms with Gasteiger partial charge in [0.2, 0.25) is 5.91 Å². The van der Waals surface area contributed by atoms with E-state index in [2.05, 4.69) is 38.1 Å². The van der Waals surface area contributed by atoms with Crippen molar-refractivity contribution >= 4 is 5.91 Å². The Bertz CT molecular complexity index is 464. The number of hydrogen-bond donors (Lipinski definition) is 1. The molecule has 0 aliphatic carbocycles. The number of hydrogen-bond acceptors (Lipinski definition) is 3. The van der Waals surface area contributed by atoms with Crippen molar-refractivity contribution < 1.29 is 9.53 Å². The third-order valence-corrected chi connectivity index (χ3v) is 4.09. The summed E-state index contributed by atoms with van der Waals surface area (Å²) in [5.41, 5.74) is 7.97. The van der Waals surface area contributed by atoms with E-state index in [0.717, 1.165) is 18.5 Å². The molecule has 1 aromatic rings. The Hall–Kier alpha value is -1.39. The first kappa shape index (κ1) is 16.0. The molecule has 2 N–H and O–H groups in total. The lowest BCUT2D eigenvalue weighted by Crippen LogP contribution is -2.58. The van der Waals surface area contributed by atoms with Crippen molar-refractivity contribution in [2.75, 3.05) is 19.8 Å². The zero-order valence-corrected chi connectivity index (χ0v) is 13.1. The molecule has 1 amide bonds. The molecule has 4 heteroatoms. The van der Waals surface area contributed by atoms with Crippen LogP contribution in [0.2, 0.25) is 0 Å². The van der Waals surface area contributed by atoms with E-state index < -0.39 is 5.54 Å². The van der Waals surface area contributed by atoms with Crippen LogP contribution < -0.4 is 5.73 Å². The van der Waals surface area contributed by atoms with Gasteiger partial charge in [-0.05, 0) is 31.7 Å². The summed E-state index contributed by atoms with van der Waals surface area (Å²) in [4.78, 5) is 14.7. The summed E-state index contributed by atoms with van der Waals surface area (Å²) >= 11 is 0. The molecule has 2 rings (SSSR count). The maximum atomic E-state index is 12.8. The third kappa shape index (κ3) is 4.05. The van der Waals surface area contributed by atoms with E-state index >= 15 is 0 Å². The molecule has 1 saturated heterocycles. The van der Waals surface area contributed by atoms with E-state index in [0.29, 0.717) is 32.6 Å². The second-order valence-corrected chi connectivity index (χ2v) is 5.98. The molecule has 4 nitrogen and oxygen atoms in total. The summed E-state index contributed by atoms with van der Waals surface area (Å²) in [6.45, 7) is 6.68. The monoisotopic (exact) mass is 290 g/mol. The zero-order valence-electron chi connectivity index (χ0n) is 13.1. The minimum absolute atomic E-state index is 0.0632. The number of aryl methyl sites for hydroxylation is 1. The average Bonchev–Trinajstić information content (AvgIpc) is 2.49. The maximum Gasteiger partial charge on any atom is 0.243 e. The normalized spacial score (nSPS) is 17.5. The Labute approximate surface area is 127 Å². The SMILES string of the molecule is CCCN(Cc1ccc(C)cc1)C(=O)C1(N)CCOCC1. The fourth-order valence-electron chi connectivity index (χ4n) is 2.70. The summed E-state index contributed by atoms with van der Waals surface area (Å²) < 4.78 is 5.34. The molecular formula is C17H26N2O2. The highest BCUT2D eigenvalue weighted by Crippen LogP contribution is 2.22. The van der Waals surface area contributed by atoms with E-state index in [-0.39, 0.29) is 5.91 Å². The summed E-state index contributed by atoms with van der Waals surface area (Å²) in [7, 11) is 0. The average molecular weight is 290 g/mol. The van der Waals surface area contributed by atoms with Crippen molar-refractivity contribution in [2.24, 2.45) is 5.73 Å².